The van der Waals surface area contributed by atoms with Crippen molar-refractivity contribution in [2.45, 2.75) is 6.92 Å². The van der Waals surface area contributed by atoms with Crippen molar-refractivity contribution in [3.05, 3.63) is 52.7 Å². The van der Waals surface area contributed by atoms with Crippen LogP contribution >= 0.6 is 11.6 Å². The maximum atomic E-state index is 13.8. The van der Waals surface area contributed by atoms with E-state index in [0.717, 1.165) is 0 Å². The van der Waals surface area contributed by atoms with E-state index in [1.807, 2.05) is 0 Å². The molecule has 0 bridgehead atoms. The summed E-state index contributed by atoms with van der Waals surface area (Å²) in [6, 6.07) is 5.59. The topological polar surface area (TPSA) is 12.9 Å². The van der Waals surface area contributed by atoms with Gasteiger partial charge in [0.05, 0.1) is 11.3 Å². The molecule has 2 aromatic rings. The van der Waals surface area contributed by atoms with E-state index < -0.39 is 11.6 Å². The minimum Gasteiger partial charge on any atom is -0.256 e. The second kappa shape index (κ2) is 4.18. The lowest BCUT2D eigenvalue weighted by atomic mass is 10.1. The summed E-state index contributed by atoms with van der Waals surface area (Å²) in [5.41, 5.74) is 0.437. The third-order valence-electron chi connectivity index (χ3n) is 2.26. The Balaban J connectivity index is 2.68. The van der Waals surface area contributed by atoms with Crippen LogP contribution in [0.25, 0.3) is 11.3 Å². The van der Waals surface area contributed by atoms with Crippen LogP contribution in [0.1, 0.15) is 5.56 Å². The molecule has 1 aromatic carbocycles. The SMILES string of the molecule is Cc1ccc(F)c(-c2cc(Cl)ccn2)c1F. The van der Waals surface area contributed by atoms with E-state index in [4.69, 9.17) is 11.6 Å². The molecule has 0 aliphatic heterocycles. The molecule has 0 amide bonds. The molecule has 4 heteroatoms. The maximum absolute atomic E-state index is 13.8. The number of aryl methyl sites for hydroxylation is 1. The number of benzene rings is 1. The molecule has 0 spiro atoms. The number of aromatic nitrogens is 1. The molecule has 0 N–H and O–H groups in total. The first-order valence-corrected chi connectivity index (χ1v) is 5.04. The van der Waals surface area contributed by atoms with E-state index in [0.29, 0.717) is 10.6 Å². The van der Waals surface area contributed by atoms with Crippen molar-refractivity contribution in [3.63, 3.8) is 0 Å². The van der Waals surface area contributed by atoms with Gasteiger partial charge < -0.3 is 0 Å². The molecule has 1 heterocycles. The van der Waals surface area contributed by atoms with Gasteiger partial charge in [-0.25, -0.2) is 8.78 Å². The second-order valence-electron chi connectivity index (χ2n) is 3.41. The lowest BCUT2D eigenvalue weighted by molar-refractivity contribution is 0.583. The highest BCUT2D eigenvalue weighted by Gasteiger charge is 2.14. The van der Waals surface area contributed by atoms with Crippen molar-refractivity contribution in [1.82, 2.24) is 4.98 Å². The fraction of sp³-hybridized carbons (Fsp3) is 0.0833. The summed E-state index contributed by atoms with van der Waals surface area (Å²) in [5, 5.41) is 0.394. The van der Waals surface area contributed by atoms with Gasteiger partial charge in [-0.2, -0.15) is 0 Å². The fourth-order valence-corrected chi connectivity index (χ4v) is 1.59. The summed E-state index contributed by atoms with van der Waals surface area (Å²) >= 11 is 5.75. The summed E-state index contributed by atoms with van der Waals surface area (Å²) in [7, 11) is 0. The number of nitrogens with zero attached hydrogens (tertiary/aromatic N) is 1. The Labute approximate surface area is 96.7 Å². The van der Waals surface area contributed by atoms with Crippen LogP contribution in [-0.4, -0.2) is 4.98 Å². The fourth-order valence-electron chi connectivity index (χ4n) is 1.43. The predicted octanol–water partition coefficient (Wildman–Crippen LogP) is 3.99. The predicted molar refractivity (Wildman–Crippen MR) is 59.3 cm³/mol. The van der Waals surface area contributed by atoms with Gasteiger partial charge in [0, 0.05) is 11.2 Å². The molecule has 0 aliphatic carbocycles. The van der Waals surface area contributed by atoms with E-state index in [2.05, 4.69) is 4.98 Å². The van der Waals surface area contributed by atoms with Crippen LogP contribution < -0.4 is 0 Å². The van der Waals surface area contributed by atoms with Crippen molar-refractivity contribution in [2.75, 3.05) is 0 Å². The zero-order valence-corrected chi connectivity index (χ0v) is 9.22. The van der Waals surface area contributed by atoms with Gasteiger partial charge in [0.15, 0.2) is 0 Å². The van der Waals surface area contributed by atoms with Gasteiger partial charge in [-0.15, -0.1) is 0 Å². The molecule has 0 atom stereocenters. The highest BCUT2D eigenvalue weighted by Crippen LogP contribution is 2.27. The van der Waals surface area contributed by atoms with Gasteiger partial charge in [-0.3, -0.25) is 4.98 Å². The number of rotatable bonds is 1. The number of halogens is 3. The first kappa shape index (κ1) is 11.0. The molecule has 1 nitrogen and oxygen atoms in total. The van der Waals surface area contributed by atoms with E-state index >= 15 is 0 Å². The van der Waals surface area contributed by atoms with E-state index in [1.54, 1.807) is 13.0 Å². The molecule has 0 fully saturated rings. The minimum atomic E-state index is -0.641. The average molecular weight is 240 g/mol. The Morgan fingerprint density at radius 1 is 1.19 bits per heavy atom. The Bertz CT molecular complexity index is 541. The molecule has 0 unspecified atom stereocenters. The first-order valence-electron chi connectivity index (χ1n) is 4.66. The van der Waals surface area contributed by atoms with Crippen molar-refractivity contribution in [2.24, 2.45) is 0 Å². The molecule has 0 aliphatic rings. The Hall–Kier alpha value is -1.48. The van der Waals surface area contributed by atoms with Gasteiger partial charge in [0.25, 0.3) is 0 Å². The summed E-state index contributed by atoms with van der Waals surface area (Å²) in [6.07, 6.45) is 1.42. The van der Waals surface area contributed by atoms with Gasteiger partial charge in [0.2, 0.25) is 0 Å². The van der Waals surface area contributed by atoms with Crippen LogP contribution in [0.2, 0.25) is 5.02 Å². The van der Waals surface area contributed by atoms with Crippen LogP contribution in [0, 0.1) is 18.6 Å². The quantitative estimate of drug-likeness (QED) is 0.733. The molecule has 0 radical (unpaired) electrons. The monoisotopic (exact) mass is 239 g/mol. The van der Waals surface area contributed by atoms with Crippen LogP contribution in [0.3, 0.4) is 0 Å². The van der Waals surface area contributed by atoms with Gasteiger partial charge in [-0.05, 0) is 30.7 Å². The molecule has 82 valence electrons. The smallest absolute Gasteiger partial charge is 0.138 e. The molecule has 0 saturated heterocycles. The first-order chi connectivity index (χ1) is 7.59. The summed E-state index contributed by atoms with van der Waals surface area (Å²) in [5.74, 6) is -1.24. The summed E-state index contributed by atoms with van der Waals surface area (Å²) < 4.78 is 27.3. The summed E-state index contributed by atoms with van der Waals surface area (Å²) in [6.45, 7) is 1.57. The van der Waals surface area contributed by atoms with E-state index in [1.165, 1.54) is 24.4 Å². The van der Waals surface area contributed by atoms with E-state index in [-0.39, 0.29) is 11.3 Å². The van der Waals surface area contributed by atoms with Crippen molar-refractivity contribution in [1.29, 1.82) is 0 Å². The van der Waals surface area contributed by atoms with Crippen molar-refractivity contribution >= 4 is 11.6 Å². The third-order valence-corrected chi connectivity index (χ3v) is 2.50. The van der Waals surface area contributed by atoms with Gasteiger partial charge in [0.1, 0.15) is 11.6 Å². The lowest BCUT2D eigenvalue weighted by Gasteiger charge is -2.06. The van der Waals surface area contributed by atoms with E-state index in [9.17, 15) is 8.78 Å². The van der Waals surface area contributed by atoms with Crippen LogP contribution in [0.5, 0.6) is 0 Å². The highest BCUT2D eigenvalue weighted by atomic mass is 35.5. The molecule has 0 saturated carbocycles. The molecule has 2 rings (SSSR count). The Morgan fingerprint density at radius 2 is 1.94 bits per heavy atom. The van der Waals surface area contributed by atoms with Crippen molar-refractivity contribution in [3.8, 4) is 11.3 Å². The second-order valence-corrected chi connectivity index (χ2v) is 3.85. The average Bonchev–Trinajstić information content (AvgIpc) is 2.24. The largest absolute Gasteiger partial charge is 0.256 e. The van der Waals surface area contributed by atoms with Crippen LogP contribution in [0.4, 0.5) is 8.78 Å². The number of pyridine rings is 1. The van der Waals surface area contributed by atoms with Gasteiger partial charge in [-0.1, -0.05) is 17.7 Å². The Kier molecular flexibility index (Phi) is 2.88. The normalized spacial score (nSPS) is 10.5. The van der Waals surface area contributed by atoms with Crippen LogP contribution in [-0.2, 0) is 0 Å². The molecule has 16 heavy (non-hydrogen) atoms. The zero-order chi connectivity index (χ0) is 11.7. The van der Waals surface area contributed by atoms with Crippen LogP contribution in [0.15, 0.2) is 30.5 Å². The number of hydrogen-bond acceptors (Lipinski definition) is 1. The minimum absolute atomic E-state index is 0.137. The zero-order valence-electron chi connectivity index (χ0n) is 8.47. The number of hydrogen-bond donors (Lipinski definition) is 0. The molecular formula is C12H8ClF2N. The lowest BCUT2D eigenvalue weighted by Crippen LogP contribution is -1.95. The third kappa shape index (κ3) is 1.91. The summed E-state index contributed by atoms with van der Waals surface area (Å²) in [4.78, 5) is 3.91. The highest BCUT2D eigenvalue weighted by molar-refractivity contribution is 6.30. The maximum Gasteiger partial charge on any atom is 0.138 e. The van der Waals surface area contributed by atoms with Crippen molar-refractivity contribution < 1.29 is 8.78 Å². The Morgan fingerprint density at radius 3 is 2.62 bits per heavy atom. The standard InChI is InChI=1S/C12H8ClF2N/c1-7-2-3-9(14)11(12(7)15)10-6-8(13)4-5-16-10/h2-6H,1H3. The molecular weight excluding hydrogens is 232 g/mol. The van der Waals surface area contributed by atoms with Gasteiger partial charge >= 0.3 is 0 Å². The molecule has 1 aromatic heterocycles.